The van der Waals surface area contributed by atoms with Gasteiger partial charge in [-0.2, -0.15) is 4.37 Å². The van der Waals surface area contributed by atoms with Crippen LogP contribution in [0.2, 0.25) is 0 Å². The lowest BCUT2D eigenvalue weighted by molar-refractivity contribution is -0.131. The Kier molecular flexibility index (Phi) is 8.25. The van der Waals surface area contributed by atoms with Crippen molar-refractivity contribution in [2.45, 2.75) is 32.1 Å². The molecule has 8 heteroatoms. The van der Waals surface area contributed by atoms with Crippen LogP contribution in [0.15, 0.2) is 24.3 Å². The van der Waals surface area contributed by atoms with Crippen LogP contribution in [0.4, 0.5) is 5.13 Å². The number of anilines is 1. The van der Waals surface area contributed by atoms with Gasteiger partial charge in [0.25, 0.3) is 0 Å². The van der Waals surface area contributed by atoms with Crippen LogP contribution < -0.4 is 9.64 Å². The van der Waals surface area contributed by atoms with Gasteiger partial charge in [0.05, 0.1) is 13.7 Å². The lowest BCUT2D eigenvalue weighted by atomic mass is 10.1. The minimum absolute atomic E-state index is 0.230. The topological polar surface area (TPSA) is 67.8 Å². The zero-order chi connectivity index (χ0) is 20.5. The monoisotopic (exact) mass is 418 g/mol. The van der Waals surface area contributed by atoms with Gasteiger partial charge >= 0.3 is 0 Å². The summed E-state index contributed by atoms with van der Waals surface area (Å²) in [4.78, 5) is 21.4. The molecule has 1 aliphatic heterocycles. The first kappa shape index (κ1) is 21.5. The molecular formula is C21H30N4O3S. The number of carbonyl (C=O) groups is 1. The first-order chi connectivity index (χ1) is 14.2. The molecule has 3 rings (SSSR count). The fourth-order valence-electron chi connectivity index (χ4n) is 3.45. The zero-order valence-corrected chi connectivity index (χ0v) is 18.1. The molecular weight excluding hydrogens is 388 g/mol. The summed E-state index contributed by atoms with van der Waals surface area (Å²) in [5.74, 6) is 1.84. The SMILES string of the molecule is COCCN(CCC(=O)N1CCCCC1)c1nc(Cc2cccc(OC)c2)ns1. The van der Waals surface area contributed by atoms with Gasteiger partial charge in [-0.1, -0.05) is 12.1 Å². The predicted molar refractivity (Wildman–Crippen MR) is 115 cm³/mol. The number of carbonyl (C=O) groups excluding carboxylic acids is 1. The lowest BCUT2D eigenvalue weighted by Gasteiger charge is -2.28. The molecule has 1 aromatic heterocycles. The third-order valence-corrected chi connectivity index (χ3v) is 5.91. The van der Waals surface area contributed by atoms with Crippen LogP contribution in [0.1, 0.15) is 37.1 Å². The van der Waals surface area contributed by atoms with Gasteiger partial charge in [0.2, 0.25) is 11.0 Å². The third kappa shape index (κ3) is 6.40. The Morgan fingerprint density at radius 3 is 2.79 bits per heavy atom. The van der Waals surface area contributed by atoms with Crippen LogP contribution >= 0.6 is 11.5 Å². The average Bonchev–Trinajstić information content (AvgIpc) is 3.22. The molecule has 29 heavy (non-hydrogen) atoms. The summed E-state index contributed by atoms with van der Waals surface area (Å²) in [6.07, 6.45) is 4.60. The van der Waals surface area contributed by atoms with E-state index < -0.39 is 0 Å². The Morgan fingerprint density at radius 1 is 1.21 bits per heavy atom. The summed E-state index contributed by atoms with van der Waals surface area (Å²) in [6.45, 7) is 3.69. The van der Waals surface area contributed by atoms with Gasteiger partial charge in [-0.25, -0.2) is 4.98 Å². The van der Waals surface area contributed by atoms with Crippen LogP contribution in [0.5, 0.6) is 5.75 Å². The van der Waals surface area contributed by atoms with Gasteiger partial charge in [0, 0.05) is 57.7 Å². The van der Waals surface area contributed by atoms with E-state index in [1.54, 1.807) is 14.2 Å². The van der Waals surface area contributed by atoms with E-state index in [9.17, 15) is 4.79 Å². The van der Waals surface area contributed by atoms with E-state index >= 15 is 0 Å². The summed E-state index contributed by atoms with van der Waals surface area (Å²) < 4.78 is 15.1. The molecule has 2 aromatic rings. The molecule has 1 fully saturated rings. The van der Waals surface area contributed by atoms with E-state index in [4.69, 9.17) is 14.5 Å². The molecule has 1 aromatic carbocycles. The van der Waals surface area contributed by atoms with Crippen molar-refractivity contribution >= 4 is 22.6 Å². The van der Waals surface area contributed by atoms with Crippen molar-refractivity contribution in [3.63, 3.8) is 0 Å². The van der Waals surface area contributed by atoms with Gasteiger partial charge in [-0.15, -0.1) is 0 Å². The molecule has 0 aliphatic carbocycles. The van der Waals surface area contributed by atoms with Crippen molar-refractivity contribution in [3.05, 3.63) is 35.7 Å². The molecule has 1 amide bonds. The lowest BCUT2D eigenvalue weighted by Crippen LogP contribution is -2.38. The number of piperidine rings is 1. The van der Waals surface area contributed by atoms with E-state index in [-0.39, 0.29) is 5.91 Å². The second-order valence-electron chi connectivity index (χ2n) is 7.19. The molecule has 1 saturated heterocycles. The summed E-state index contributed by atoms with van der Waals surface area (Å²) >= 11 is 1.38. The van der Waals surface area contributed by atoms with E-state index in [2.05, 4.69) is 9.27 Å². The van der Waals surface area contributed by atoms with Crippen molar-refractivity contribution in [1.82, 2.24) is 14.3 Å². The van der Waals surface area contributed by atoms with E-state index in [1.165, 1.54) is 18.0 Å². The Balaban J connectivity index is 1.61. The highest BCUT2D eigenvalue weighted by molar-refractivity contribution is 7.09. The van der Waals surface area contributed by atoms with Crippen molar-refractivity contribution in [1.29, 1.82) is 0 Å². The number of methoxy groups -OCH3 is 2. The first-order valence-electron chi connectivity index (χ1n) is 10.2. The maximum Gasteiger partial charge on any atom is 0.224 e. The molecule has 0 bridgehead atoms. The summed E-state index contributed by atoms with van der Waals surface area (Å²) in [7, 11) is 3.35. The second-order valence-corrected chi connectivity index (χ2v) is 7.92. The first-order valence-corrected chi connectivity index (χ1v) is 10.9. The number of nitrogens with zero attached hydrogens (tertiary/aromatic N) is 4. The largest absolute Gasteiger partial charge is 0.497 e. The quantitative estimate of drug-likeness (QED) is 0.591. The highest BCUT2D eigenvalue weighted by atomic mass is 32.1. The Morgan fingerprint density at radius 2 is 2.03 bits per heavy atom. The third-order valence-electron chi connectivity index (χ3n) is 5.09. The Labute approximate surface area is 176 Å². The minimum atomic E-state index is 0.230. The fourth-order valence-corrected chi connectivity index (χ4v) is 4.18. The zero-order valence-electron chi connectivity index (χ0n) is 17.3. The van der Waals surface area contributed by atoms with Crippen LogP contribution in [0.25, 0.3) is 0 Å². The number of rotatable bonds is 10. The summed E-state index contributed by atoms with van der Waals surface area (Å²) in [5, 5.41) is 0.839. The van der Waals surface area contributed by atoms with E-state index in [1.807, 2.05) is 29.2 Å². The maximum absolute atomic E-state index is 12.5. The van der Waals surface area contributed by atoms with Gasteiger partial charge in [-0.05, 0) is 37.0 Å². The average molecular weight is 419 g/mol. The van der Waals surface area contributed by atoms with Crippen molar-refractivity contribution in [3.8, 4) is 5.75 Å². The molecule has 1 aliphatic rings. The van der Waals surface area contributed by atoms with Crippen LogP contribution in [-0.2, 0) is 16.0 Å². The normalized spacial score (nSPS) is 14.1. The van der Waals surface area contributed by atoms with E-state index in [0.717, 1.165) is 48.2 Å². The molecule has 0 unspecified atom stereocenters. The highest BCUT2D eigenvalue weighted by Gasteiger charge is 2.19. The second kappa shape index (κ2) is 11.1. The molecule has 0 atom stereocenters. The maximum atomic E-state index is 12.5. The number of benzene rings is 1. The molecule has 2 heterocycles. The van der Waals surface area contributed by atoms with Gasteiger partial charge in [0.1, 0.15) is 11.6 Å². The summed E-state index contributed by atoms with van der Waals surface area (Å²) in [5.41, 5.74) is 1.11. The molecule has 158 valence electrons. The smallest absolute Gasteiger partial charge is 0.224 e. The number of ether oxygens (including phenoxy) is 2. The van der Waals surface area contributed by atoms with Gasteiger partial charge < -0.3 is 19.3 Å². The van der Waals surface area contributed by atoms with Crippen LogP contribution in [0.3, 0.4) is 0 Å². The van der Waals surface area contributed by atoms with Crippen molar-refractivity contribution in [2.24, 2.45) is 0 Å². The van der Waals surface area contributed by atoms with E-state index in [0.29, 0.717) is 32.5 Å². The van der Waals surface area contributed by atoms with Crippen LogP contribution in [-0.4, -0.2) is 67.2 Å². The molecule has 0 N–H and O–H groups in total. The van der Waals surface area contributed by atoms with Crippen LogP contribution in [0, 0.1) is 0 Å². The fraction of sp³-hybridized carbons (Fsp3) is 0.571. The number of hydrogen-bond donors (Lipinski definition) is 0. The highest BCUT2D eigenvalue weighted by Crippen LogP contribution is 2.21. The van der Waals surface area contributed by atoms with Gasteiger partial charge in [-0.3, -0.25) is 4.79 Å². The Bertz CT molecular complexity index is 777. The molecule has 7 nitrogen and oxygen atoms in total. The number of likely N-dealkylation sites (tertiary alicyclic amines) is 1. The standard InChI is InChI=1S/C21H30N4O3S/c1-27-14-13-25(12-9-20(26)24-10-4-3-5-11-24)21-22-19(23-29-21)16-17-7-6-8-18(15-17)28-2/h6-8,15H,3-5,9-14,16H2,1-2H3. The number of aromatic nitrogens is 2. The Hall–Kier alpha value is -2.19. The minimum Gasteiger partial charge on any atom is -0.497 e. The van der Waals surface area contributed by atoms with Crippen molar-refractivity contribution < 1.29 is 14.3 Å². The molecule has 0 spiro atoms. The van der Waals surface area contributed by atoms with Crippen molar-refractivity contribution in [2.75, 3.05) is 51.9 Å². The molecule has 0 saturated carbocycles. The van der Waals surface area contributed by atoms with Gasteiger partial charge in [0.15, 0.2) is 0 Å². The summed E-state index contributed by atoms with van der Waals surface area (Å²) in [6, 6.07) is 7.94. The molecule has 0 radical (unpaired) electrons. The predicted octanol–water partition coefficient (Wildman–Crippen LogP) is 2.99. The number of amides is 1. The number of hydrogen-bond acceptors (Lipinski definition) is 7.